The van der Waals surface area contributed by atoms with E-state index >= 15 is 0 Å². The number of halogens is 1. The van der Waals surface area contributed by atoms with Crippen molar-refractivity contribution in [2.24, 2.45) is 0 Å². The van der Waals surface area contributed by atoms with Gasteiger partial charge in [0.05, 0.1) is 18.3 Å². The predicted octanol–water partition coefficient (Wildman–Crippen LogP) is 0.841. The fourth-order valence-corrected chi connectivity index (χ4v) is 0.661. The second kappa shape index (κ2) is 6.16. The summed E-state index contributed by atoms with van der Waals surface area (Å²) < 4.78 is 11.9. The number of hydrogen-bond acceptors (Lipinski definition) is 2. The summed E-state index contributed by atoms with van der Waals surface area (Å²) in [4.78, 5) is 21.1. The molecule has 0 aliphatic carbocycles. The lowest BCUT2D eigenvalue weighted by atomic mass is 10.2. The van der Waals surface area contributed by atoms with E-state index in [1.165, 1.54) is 0 Å². The minimum absolute atomic E-state index is 0.0616. The van der Waals surface area contributed by atoms with Gasteiger partial charge in [-0.15, -0.1) is 0 Å². The van der Waals surface area contributed by atoms with Crippen LogP contribution in [0.5, 0.6) is 0 Å². The number of rotatable bonds is 5. The number of amides is 1. The summed E-state index contributed by atoms with van der Waals surface area (Å²) >= 11 is 0. The van der Waals surface area contributed by atoms with Crippen LogP contribution in [0.4, 0.5) is 4.39 Å². The SMILES string of the molecule is CCCNC(=O)C/C(=C\F)C(=O)O. The molecule has 1 amide bonds. The molecule has 4 nitrogen and oxygen atoms in total. The molecule has 0 unspecified atom stereocenters. The van der Waals surface area contributed by atoms with Crippen molar-refractivity contribution >= 4 is 11.9 Å². The van der Waals surface area contributed by atoms with Gasteiger partial charge in [-0.05, 0) is 6.42 Å². The minimum Gasteiger partial charge on any atom is -0.478 e. The third kappa shape index (κ3) is 4.95. The zero-order valence-corrected chi connectivity index (χ0v) is 7.34. The van der Waals surface area contributed by atoms with E-state index in [0.717, 1.165) is 6.42 Å². The molecule has 0 fully saturated rings. The van der Waals surface area contributed by atoms with E-state index in [1.54, 1.807) is 0 Å². The minimum atomic E-state index is -1.41. The van der Waals surface area contributed by atoms with Crippen LogP contribution in [0, 0.1) is 0 Å². The highest BCUT2D eigenvalue weighted by Crippen LogP contribution is 2.01. The van der Waals surface area contributed by atoms with E-state index in [2.05, 4.69) is 5.32 Å². The molecular formula is C8H12FNO3. The van der Waals surface area contributed by atoms with Crippen LogP contribution in [0.3, 0.4) is 0 Å². The van der Waals surface area contributed by atoms with Gasteiger partial charge in [0, 0.05) is 6.54 Å². The van der Waals surface area contributed by atoms with E-state index in [4.69, 9.17) is 5.11 Å². The van der Waals surface area contributed by atoms with Gasteiger partial charge in [0.15, 0.2) is 0 Å². The molecule has 0 aromatic carbocycles. The van der Waals surface area contributed by atoms with Gasteiger partial charge in [-0.3, -0.25) is 4.79 Å². The highest BCUT2D eigenvalue weighted by atomic mass is 19.1. The molecule has 13 heavy (non-hydrogen) atoms. The maximum absolute atomic E-state index is 11.9. The molecule has 0 radical (unpaired) electrons. The Hall–Kier alpha value is -1.39. The van der Waals surface area contributed by atoms with Crippen molar-refractivity contribution in [1.29, 1.82) is 0 Å². The summed E-state index contributed by atoms with van der Waals surface area (Å²) in [5, 5.41) is 10.8. The van der Waals surface area contributed by atoms with Crippen LogP contribution in [0.1, 0.15) is 19.8 Å². The van der Waals surface area contributed by atoms with Crippen LogP contribution in [0.15, 0.2) is 11.9 Å². The number of hydrogen-bond donors (Lipinski definition) is 2. The van der Waals surface area contributed by atoms with E-state index in [9.17, 15) is 14.0 Å². The first kappa shape index (κ1) is 11.6. The molecule has 0 rings (SSSR count). The van der Waals surface area contributed by atoms with Gasteiger partial charge < -0.3 is 10.4 Å². The second-order valence-corrected chi connectivity index (χ2v) is 2.47. The number of carbonyl (C=O) groups excluding carboxylic acids is 1. The van der Waals surface area contributed by atoms with Crippen molar-refractivity contribution in [3.63, 3.8) is 0 Å². The maximum Gasteiger partial charge on any atom is 0.334 e. The van der Waals surface area contributed by atoms with Crippen LogP contribution >= 0.6 is 0 Å². The molecular weight excluding hydrogens is 177 g/mol. The highest BCUT2D eigenvalue weighted by molar-refractivity contribution is 5.93. The fraction of sp³-hybridized carbons (Fsp3) is 0.500. The summed E-state index contributed by atoms with van der Waals surface area (Å²) in [7, 11) is 0. The Morgan fingerprint density at radius 1 is 1.54 bits per heavy atom. The Morgan fingerprint density at radius 2 is 2.15 bits per heavy atom. The van der Waals surface area contributed by atoms with Crippen LogP contribution in [-0.4, -0.2) is 23.5 Å². The predicted molar refractivity (Wildman–Crippen MR) is 44.7 cm³/mol. The first-order valence-corrected chi connectivity index (χ1v) is 3.91. The number of carboxylic acid groups (broad SMARTS) is 1. The zero-order chi connectivity index (χ0) is 10.3. The molecule has 0 atom stereocenters. The van der Waals surface area contributed by atoms with Crippen molar-refractivity contribution in [1.82, 2.24) is 5.32 Å². The topological polar surface area (TPSA) is 66.4 Å². The average Bonchev–Trinajstić information content (AvgIpc) is 2.10. The molecule has 0 aromatic heterocycles. The summed E-state index contributed by atoms with van der Waals surface area (Å²) in [6, 6.07) is 0. The third-order valence-electron chi connectivity index (χ3n) is 1.33. The molecule has 74 valence electrons. The van der Waals surface area contributed by atoms with E-state index in [1.807, 2.05) is 6.92 Å². The van der Waals surface area contributed by atoms with Gasteiger partial charge in [-0.2, -0.15) is 0 Å². The Kier molecular flexibility index (Phi) is 5.50. The third-order valence-corrected chi connectivity index (χ3v) is 1.33. The Balaban J connectivity index is 3.96. The van der Waals surface area contributed by atoms with Gasteiger partial charge in [0.25, 0.3) is 0 Å². The average molecular weight is 189 g/mol. The lowest BCUT2D eigenvalue weighted by molar-refractivity contribution is -0.134. The van der Waals surface area contributed by atoms with Gasteiger partial charge in [-0.1, -0.05) is 6.92 Å². The van der Waals surface area contributed by atoms with Crippen molar-refractivity contribution in [2.45, 2.75) is 19.8 Å². The quantitative estimate of drug-likeness (QED) is 0.630. The number of aliphatic carboxylic acids is 1. The normalized spacial score (nSPS) is 11.1. The Bertz CT molecular complexity index is 225. The van der Waals surface area contributed by atoms with Crippen LogP contribution in [-0.2, 0) is 9.59 Å². The van der Waals surface area contributed by atoms with E-state index in [0.29, 0.717) is 6.54 Å². The van der Waals surface area contributed by atoms with Gasteiger partial charge in [0.1, 0.15) is 0 Å². The zero-order valence-electron chi connectivity index (χ0n) is 7.34. The molecule has 0 aliphatic heterocycles. The Labute approximate surface area is 75.4 Å². The van der Waals surface area contributed by atoms with Gasteiger partial charge in [-0.25, -0.2) is 9.18 Å². The van der Waals surface area contributed by atoms with Crippen molar-refractivity contribution in [3.8, 4) is 0 Å². The van der Waals surface area contributed by atoms with Gasteiger partial charge >= 0.3 is 5.97 Å². The summed E-state index contributed by atoms with van der Waals surface area (Å²) in [5.41, 5.74) is -0.534. The molecule has 0 bridgehead atoms. The lowest BCUT2D eigenvalue weighted by Gasteiger charge is -2.02. The van der Waals surface area contributed by atoms with Crippen LogP contribution in [0.2, 0.25) is 0 Å². The Morgan fingerprint density at radius 3 is 2.54 bits per heavy atom. The molecule has 0 aliphatic rings. The maximum atomic E-state index is 11.9. The largest absolute Gasteiger partial charge is 0.478 e. The molecule has 0 spiro atoms. The lowest BCUT2D eigenvalue weighted by Crippen LogP contribution is -2.25. The smallest absolute Gasteiger partial charge is 0.334 e. The second-order valence-electron chi connectivity index (χ2n) is 2.47. The first-order valence-electron chi connectivity index (χ1n) is 3.91. The van der Waals surface area contributed by atoms with E-state index < -0.39 is 23.9 Å². The highest BCUT2D eigenvalue weighted by Gasteiger charge is 2.11. The molecule has 0 aromatic rings. The summed E-state index contributed by atoms with van der Waals surface area (Å²) in [5.74, 6) is -1.89. The number of carboxylic acids is 1. The summed E-state index contributed by atoms with van der Waals surface area (Å²) in [6.07, 6.45) is 0.271. The van der Waals surface area contributed by atoms with Crippen molar-refractivity contribution in [3.05, 3.63) is 11.9 Å². The van der Waals surface area contributed by atoms with Crippen molar-refractivity contribution in [2.75, 3.05) is 6.54 Å². The molecule has 2 N–H and O–H groups in total. The molecule has 0 saturated heterocycles. The standard InChI is InChI=1S/C8H12FNO3/c1-2-3-10-7(11)4-6(5-9)8(12)13/h5H,2-4H2,1H3,(H,10,11)(H,12,13)/b6-5+. The first-order chi connectivity index (χ1) is 6.11. The number of nitrogens with one attached hydrogen (secondary N) is 1. The molecule has 0 heterocycles. The fourth-order valence-electron chi connectivity index (χ4n) is 0.661. The van der Waals surface area contributed by atoms with Crippen molar-refractivity contribution < 1.29 is 19.1 Å². The molecule has 0 saturated carbocycles. The monoisotopic (exact) mass is 189 g/mol. The summed E-state index contributed by atoms with van der Waals surface area (Å²) in [6.45, 7) is 2.33. The van der Waals surface area contributed by atoms with Gasteiger partial charge in [0.2, 0.25) is 5.91 Å². The van der Waals surface area contributed by atoms with Crippen LogP contribution in [0.25, 0.3) is 0 Å². The molecule has 5 heteroatoms. The number of carbonyl (C=O) groups is 2. The van der Waals surface area contributed by atoms with Crippen LogP contribution < -0.4 is 5.32 Å². The van der Waals surface area contributed by atoms with E-state index in [-0.39, 0.29) is 6.33 Å².